The van der Waals surface area contributed by atoms with Crippen LogP contribution in [0.2, 0.25) is 5.04 Å². The van der Waals surface area contributed by atoms with Gasteiger partial charge in [-0.2, -0.15) is 0 Å². The molecule has 2 heteroatoms. The summed E-state index contributed by atoms with van der Waals surface area (Å²) in [4.78, 5) is 0. The van der Waals surface area contributed by atoms with Gasteiger partial charge in [0, 0.05) is 0 Å². The van der Waals surface area contributed by atoms with Crippen LogP contribution in [0, 0.1) is 0 Å². The van der Waals surface area contributed by atoms with Gasteiger partial charge in [0.05, 0.1) is 9.68 Å². The third-order valence-corrected chi connectivity index (χ3v) is 5.17. The van der Waals surface area contributed by atoms with Gasteiger partial charge in [0.15, 0.2) is 0 Å². The van der Waals surface area contributed by atoms with Gasteiger partial charge >= 0.3 is 0 Å². The predicted molar refractivity (Wildman–Crippen MR) is 48.8 cm³/mol. The SMILES string of the molecule is CCC1([SiH2]N)CCCCC1. The van der Waals surface area contributed by atoms with Crippen molar-refractivity contribution < 1.29 is 0 Å². The lowest BCUT2D eigenvalue weighted by Gasteiger charge is -2.34. The first-order valence-corrected chi connectivity index (χ1v) is 6.05. The summed E-state index contributed by atoms with van der Waals surface area (Å²) in [5.74, 6) is 0. The van der Waals surface area contributed by atoms with Crippen LogP contribution in [-0.2, 0) is 0 Å². The minimum atomic E-state index is -0.239. The maximum atomic E-state index is 5.89. The molecule has 0 aromatic carbocycles. The van der Waals surface area contributed by atoms with Crippen LogP contribution in [0.4, 0.5) is 0 Å². The fourth-order valence-electron chi connectivity index (χ4n) is 2.00. The Kier molecular flexibility index (Phi) is 2.92. The van der Waals surface area contributed by atoms with Crippen molar-refractivity contribution in [1.29, 1.82) is 0 Å². The Bertz CT molecular complexity index is 91.4. The van der Waals surface area contributed by atoms with E-state index in [1.54, 1.807) is 0 Å². The highest BCUT2D eigenvalue weighted by Gasteiger charge is 2.28. The standard InChI is InChI=1S/C8H19NSi/c1-2-8(10-9)6-4-3-5-7-8/h2-7,9-10H2,1H3. The van der Waals surface area contributed by atoms with Crippen LogP contribution in [0.3, 0.4) is 0 Å². The van der Waals surface area contributed by atoms with E-state index < -0.39 is 0 Å². The first kappa shape index (κ1) is 8.28. The predicted octanol–water partition coefficient (Wildman–Crippen LogP) is 1.56. The van der Waals surface area contributed by atoms with Crippen molar-refractivity contribution in [3.8, 4) is 0 Å². The summed E-state index contributed by atoms with van der Waals surface area (Å²) in [5.41, 5.74) is 0. The highest BCUT2D eigenvalue weighted by Crippen LogP contribution is 2.43. The molecule has 0 bridgehead atoms. The molecule has 1 fully saturated rings. The molecule has 0 atom stereocenters. The maximum Gasteiger partial charge on any atom is 0.0951 e. The van der Waals surface area contributed by atoms with Crippen molar-refractivity contribution in [1.82, 2.24) is 0 Å². The second-order valence-electron chi connectivity index (χ2n) is 3.62. The van der Waals surface area contributed by atoms with Crippen molar-refractivity contribution in [2.45, 2.75) is 50.5 Å². The van der Waals surface area contributed by atoms with Gasteiger partial charge in [0.25, 0.3) is 0 Å². The second kappa shape index (κ2) is 3.53. The Hall–Kier alpha value is 0.177. The topological polar surface area (TPSA) is 26.0 Å². The van der Waals surface area contributed by atoms with E-state index in [-0.39, 0.29) is 9.68 Å². The van der Waals surface area contributed by atoms with Gasteiger partial charge in [-0.25, -0.2) is 0 Å². The number of rotatable bonds is 2. The summed E-state index contributed by atoms with van der Waals surface area (Å²) in [6, 6.07) is 0. The summed E-state index contributed by atoms with van der Waals surface area (Å²) in [6.45, 7) is 2.31. The summed E-state index contributed by atoms with van der Waals surface area (Å²) in [5, 5.41) is 6.57. The van der Waals surface area contributed by atoms with E-state index in [9.17, 15) is 0 Å². The molecule has 0 unspecified atom stereocenters. The molecule has 1 aliphatic rings. The van der Waals surface area contributed by atoms with E-state index in [2.05, 4.69) is 6.92 Å². The molecule has 0 aromatic heterocycles. The van der Waals surface area contributed by atoms with Gasteiger partial charge in [-0.15, -0.1) is 0 Å². The van der Waals surface area contributed by atoms with Crippen LogP contribution < -0.4 is 5.40 Å². The van der Waals surface area contributed by atoms with E-state index >= 15 is 0 Å². The molecule has 0 radical (unpaired) electrons. The molecular formula is C8H19NSi. The van der Waals surface area contributed by atoms with Crippen LogP contribution in [0.1, 0.15) is 45.4 Å². The fraction of sp³-hybridized carbons (Fsp3) is 1.00. The van der Waals surface area contributed by atoms with Gasteiger partial charge in [0.2, 0.25) is 0 Å². The Labute approximate surface area is 66.3 Å². The Morgan fingerprint density at radius 3 is 2.20 bits per heavy atom. The molecule has 1 saturated carbocycles. The third-order valence-electron chi connectivity index (χ3n) is 3.10. The quantitative estimate of drug-likeness (QED) is 0.605. The van der Waals surface area contributed by atoms with E-state index in [0.717, 1.165) is 0 Å². The molecule has 1 rings (SSSR count). The average Bonchev–Trinajstić information content (AvgIpc) is 2.06. The maximum absolute atomic E-state index is 5.89. The summed E-state index contributed by atoms with van der Waals surface area (Å²) >= 11 is 0. The van der Waals surface area contributed by atoms with Crippen LogP contribution in [0.5, 0.6) is 0 Å². The van der Waals surface area contributed by atoms with Crippen LogP contribution >= 0.6 is 0 Å². The first-order valence-electron chi connectivity index (χ1n) is 4.53. The molecule has 10 heavy (non-hydrogen) atoms. The van der Waals surface area contributed by atoms with Crippen LogP contribution in [-0.4, -0.2) is 9.68 Å². The minimum Gasteiger partial charge on any atom is -0.355 e. The lowest BCUT2D eigenvalue weighted by Crippen LogP contribution is -2.28. The van der Waals surface area contributed by atoms with E-state index in [1.165, 1.54) is 38.5 Å². The first-order chi connectivity index (χ1) is 4.83. The Balaban J connectivity index is 2.44. The smallest absolute Gasteiger partial charge is 0.0951 e. The summed E-state index contributed by atoms with van der Waals surface area (Å²) < 4.78 is 0. The zero-order chi connectivity index (χ0) is 7.45. The minimum absolute atomic E-state index is 0.239. The average molecular weight is 157 g/mol. The molecule has 0 amide bonds. The zero-order valence-corrected chi connectivity index (χ0v) is 8.44. The van der Waals surface area contributed by atoms with Crippen molar-refractivity contribution in [2.24, 2.45) is 5.40 Å². The molecule has 1 nitrogen and oxygen atoms in total. The molecule has 60 valence electrons. The van der Waals surface area contributed by atoms with Gasteiger partial charge < -0.3 is 5.40 Å². The largest absolute Gasteiger partial charge is 0.355 e. The molecule has 1 aliphatic carbocycles. The lowest BCUT2D eigenvalue weighted by atomic mass is 9.86. The highest BCUT2D eigenvalue weighted by atomic mass is 28.2. The third kappa shape index (κ3) is 1.61. The van der Waals surface area contributed by atoms with Crippen molar-refractivity contribution in [3.05, 3.63) is 0 Å². The van der Waals surface area contributed by atoms with E-state index in [0.29, 0.717) is 5.04 Å². The van der Waals surface area contributed by atoms with Crippen molar-refractivity contribution >= 4 is 9.68 Å². The molecule has 0 heterocycles. The van der Waals surface area contributed by atoms with Gasteiger partial charge in [-0.1, -0.05) is 32.6 Å². The van der Waals surface area contributed by atoms with Crippen LogP contribution in [0.25, 0.3) is 0 Å². The second-order valence-corrected chi connectivity index (χ2v) is 5.53. The van der Waals surface area contributed by atoms with Crippen molar-refractivity contribution in [3.63, 3.8) is 0 Å². The number of hydrogen-bond acceptors (Lipinski definition) is 1. The Morgan fingerprint density at radius 1 is 1.30 bits per heavy atom. The molecule has 0 aromatic rings. The number of nitrogens with two attached hydrogens (primary N) is 1. The summed E-state index contributed by atoms with van der Waals surface area (Å²) in [6.07, 6.45) is 8.56. The lowest BCUT2D eigenvalue weighted by molar-refractivity contribution is 0.364. The van der Waals surface area contributed by atoms with Crippen LogP contribution in [0.15, 0.2) is 0 Å². The zero-order valence-electron chi connectivity index (χ0n) is 7.03. The van der Waals surface area contributed by atoms with E-state index in [1.807, 2.05) is 0 Å². The molecule has 0 spiro atoms. The molecule has 0 saturated heterocycles. The number of hydrogen-bond donors (Lipinski definition) is 1. The fourth-order valence-corrected chi connectivity index (χ4v) is 3.20. The summed E-state index contributed by atoms with van der Waals surface area (Å²) in [7, 11) is -0.239. The monoisotopic (exact) mass is 157 g/mol. The molecular weight excluding hydrogens is 138 g/mol. The Morgan fingerprint density at radius 2 is 1.90 bits per heavy atom. The normalized spacial score (nSPS) is 25.8. The van der Waals surface area contributed by atoms with Gasteiger partial charge in [-0.3, -0.25) is 0 Å². The molecule has 0 aliphatic heterocycles. The highest BCUT2D eigenvalue weighted by molar-refractivity contribution is 6.35. The molecule has 2 N–H and O–H groups in total. The van der Waals surface area contributed by atoms with E-state index in [4.69, 9.17) is 5.40 Å². The van der Waals surface area contributed by atoms with Gasteiger partial charge in [-0.05, 0) is 17.9 Å². The van der Waals surface area contributed by atoms with Crippen molar-refractivity contribution in [2.75, 3.05) is 0 Å². The van der Waals surface area contributed by atoms with Gasteiger partial charge in [0.1, 0.15) is 0 Å².